The number of carbonyl (C=O) groups is 1. The maximum Gasteiger partial charge on any atom is 0.311 e. The van der Waals surface area contributed by atoms with Crippen LogP contribution in [0.1, 0.15) is 11.4 Å². The standard InChI is InChI=1S/C18H18N4O3/c1-12-7-6-10-16-19-14(11-17(23)25-3)18(22(12)16)21-20-13-8-4-5-9-15(13)24-2/h4-10H,11H2,1-3H3. The molecule has 0 fully saturated rings. The first-order chi connectivity index (χ1) is 12.1. The van der Waals surface area contributed by atoms with E-state index in [0.29, 0.717) is 28.6 Å². The van der Waals surface area contributed by atoms with Crippen LogP contribution in [-0.2, 0) is 16.0 Å². The number of aromatic nitrogens is 2. The van der Waals surface area contributed by atoms with Crippen molar-refractivity contribution in [3.8, 4) is 5.75 Å². The number of benzene rings is 1. The van der Waals surface area contributed by atoms with E-state index in [4.69, 9.17) is 9.47 Å². The highest BCUT2D eigenvalue weighted by molar-refractivity contribution is 5.74. The van der Waals surface area contributed by atoms with Gasteiger partial charge in [0.2, 0.25) is 0 Å². The summed E-state index contributed by atoms with van der Waals surface area (Å²) in [4.78, 5) is 16.2. The molecule has 0 spiro atoms. The van der Waals surface area contributed by atoms with Gasteiger partial charge in [0.25, 0.3) is 0 Å². The Balaban J connectivity index is 2.11. The van der Waals surface area contributed by atoms with E-state index in [1.165, 1.54) is 7.11 Å². The van der Waals surface area contributed by atoms with Crippen LogP contribution in [0.4, 0.5) is 11.5 Å². The smallest absolute Gasteiger partial charge is 0.311 e. The van der Waals surface area contributed by atoms with Crippen LogP contribution in [0.3, 0.4) is 0 Å². The molecule has 7 heteroatoms. The zero-order valence-corrected chi connectivity index (χ0v) is 14.3. The molecule has 3 rings (SSSR count). The Morgan fingerprint density at radius 3 is 2.68 bits per heavy atom. The first-order valence-corrected chi connectivity index (χ1v) is 7.72. The van der Waals surface area contributed by atoms with Crippen LogP contribution in [0, 0.1) is 6.92 Å². The molecule has 0 aliphatic carbocycles. The van der Waals surface area contributed by atoms with Crippen molar-refractivity contribution in [1.29, 1.82) is 0 Å². The number of carbonyl (C=O) groups excluding carboxylic acids is 1. The van der Waals surface area contributed by atoms with Crippen molar-refractivity contribution in [1.82, 2.24) is 9.38 Å². The van der Waals surface area contributed by atoms with Crippen LogP contribution in [0.5, 0.6) is 5.75 Å². The molecular weight excluding hydrogens is 320 g/mol. The summed E-state index contributed by atoms with van der Waals surface area (Å²) in [7, 11) is 2.93. The van der Waals surface area contributed by atoms with Crippen LogP contribution >= 0.6 is 0 Å². The molecular formula is C18H18N4O3. The summed E-state index contributed by atoms with van der Waals surface area (Å²) in [6.07, 6.45) is 0.0257. The molecule has 7 nitrogen and oxygen atoms in total. The van der Waals surface area contributed by atoms with Crippen molar-refractivity contribution in [2.75, 3.05) is 14.2 Å². The van der Waals surface area contributed by atoms with Crippen molar-refractivity contribution in [2.24, 2.45) is 10.2 Å². The second kappa shape index (κ2) is 7.12. The lowest BCUT2D eigenvalue weighted by molar-refractivity contribution is -0.139. The molecule has 0 aliphatic heterocycles. The third kappa shape index (κ3) is 3.35. The van der Waals surface area contributed by atoms with E-state index in [0.717, 1.165) is 5.69 Å². The van der Waals surface area contributed by atoms with Gasteiger partial charge in [-0.15, -0.1) is 10.2 Å². The van der Waals surface area contributed by atoms with Crippen molar-refractivity contribution in [2.45, 2.75) is 13.3 Å². The topological polar surface area (TPSA) is 77.5 Å². The molecule has 0 amide bonds. The SMILES string of the molecule is COC(=O)Cc1nc2cccc(C)n2c1N=Nc1ccccc1OC. The lowest BCUT2D eigenvalue weighted by Crippen LogP contribution is -2.04. The highest BCUT2D eigenvalue weighted by atomic mass is 16.5. The summed E-state index contributed by atoms with van der Waals surface area (Å²) in [5.74, 6) is 0.741. The Hall–Kier alpha value is -3.22. The Bertz CT molecular complexity index is 947. The van der Waals surface area contributed by atoms with Crippen LogP contribution in [0.2, 0.25) is 0 Å². The molecule has 0 atom stereocenters. The number of aryl methyl sites for hydroxylation is 1. The number of nitrogens with zero attached hydrogens (tertiary/aromatic N) is 4. The zero-order chi connectivity index (χ0) is 17.8. The first kappa shape index (κ1) is 16.6. The number of pyridine rings is 1. The summed E-state index contributed by atoms with van der Waals surface area (Å²) < 4.78 is 11.9. The second-order valence-electron chi connectivity index (χ2n) is 5.37. The minimum absolute atomic E-state index is 0.0257. The number of rotatable bonds is 5. The molecule has 2 aromatic heterocycles. The fourth-order valence-electron chi connectivity index (χ4n) is 2.53. The van der Waals surface area contributed by atoms with E-state index < -0.39 is 0 Å². The highest BCUT2D eigenvalue weighted by Gasteiger charge is 2.17. The van der Waals surface area contributed by atoms with E-state index >= 15 is 0 Å². The molecule has 0 N–H and O–H groups in total. The van der Waals surface area contributed by atoms with Crippen LogP contribution in [0.15, 0.2) is 52.7 Å². The molecule has 0 unspecified atom stereocenters. The summed E-state index contributed by atoms with van der Waals surface area (Å²) in [5, 5.41) is 8.65. The fourth-order valence-corrected chi connectivity index (χ4v) is 2.53. The molecule has 0 bridgehead atoms. The number of para-hydroxylation sites is 1. The Morgan fingerprint density at radius 1 is 1.12 bits per heavy atom. The summed E-state index contributed by atoms with van der Waals surface area (Å²) >= 11 is 0. The maximum atomic E-state index is 11.7. The van der Waals surface area contributed by atoms with Gasteiger partial charge in [-0.25, -0.2) is 4.98 Å². The van der Waals surface area contributed by atoms with E-state index in [1.54, 1.807) is 13.2 Å². The Morgan fingerprint density at radius 2 is 1.92 bits per heavy atom. The molecule has 0 aliphatic rings. The van der Waals surface area contributed by atoms with Gasteiger partial charge in [0.15, 0.2) is 5.82 Å². The third-order valence-electron chi connectivity index (χ3n) is 3.76. The van der Waals surface area contributed by atoms with Gasteiger partial charge in [-0.1, -0.05) is 18.2 Å². The third-order valence-corrected chi connectivity index (χ3v) is 3.76. The van der Waals surface area contributed by atoms with Gasteiger partial charge in [0.05, 0.1) is 26.3 Å². The number of azo groups is 1. The number of ether oxygens (including phenoxy) is 2. The van der Waals surface area contributed by atoms with Crippen molar-refractivity contribution in [3.05, 3.63) is 53.9 Å². The number of hydrogen-bond donors (Lipinski definition) is 0. The molecule has 3 aromatic rings. The summed E-state index contributed by atoms with van der Waals surface area (Å²) in [5.41, 5.74) is 2.75. The van der Waals surface area contributed by atoms with Gasteiger partial charge in [-0.05, 0) is 31.2 Å². The van der Waals surface area contributed by atoms with Crippen LogP contribution in [-0.4, -0.2) is 29.6 Å². The number of hydrogen-bond acceptors (Lipinski definition) is 6. The lowest BCUT2D eigenvalue weighted by atomic mass is 10.3. The molecule has 128 valence electrons. The number of fused-ring (bicyclic) bond motifs is 1. The van der Waals surface area contributed by atoms with Crippen molar-refractivity contribution >= 4 is 23.1 Å². The predicted molar refractivity (Wildman–Crippen MR) is 92.8 cm³/mol. The van der Waals surface area contributed by atoms with Gasteiger partial charge in [0.1, 0.15) is 17.1 Å². The molecule has 2 heterocycles. The van der Waals surface area contributed by atoms with E-state index in [9.17, 15) is 4.79 Å². The van der Waals surface area contributed by atoms with Crippen molar-refractivity contribution in [3.63, 3.8) is 0 Å². The number of esters is 1. The van der Waals surface area contributed by atoms with Gasteiger partial charge in [-0.3, -0.25) is 9.20 Å². The summed E-state index contributed by atoms with van der Waals surface area (Å²) in [6, 6.07) is 13.0. The monoisotopic (exact) mass is 338 g/mol. The maximum absolute atomic E-state index is 11.7. The van der Waals surface area contributed by atoms with E-state index in [2.05, 4.69) is 15.2 Å². The van der Waals surface area contributed by atoms with Crippen LogP contribution in [0.25, 0.3) is 5.65 Å². The minimum atomic E-state index is -0.380. The van der Waals surface area contributed by atoms with Gasteiger partial charge >= 0.3 is 5.97 Å². The van der Waals surface area contributed by atoms with Crippen LogP contribution < -0.4 is 4.74 Å². The first-order valence-electron chi connectivity index (χ1n) is 7.72. The molecule has 0 saturated heterocycles. The Labute approximate surface area is 144 Å². The van der Waals surface area contributed by atoms with Gasteiger partial charge in [0, 0.05) is 5.69 Å². The predicted octanol–water partition coefficient (Wildman–Crippen LogP) is 3.78. The highest BCUT2D eigenvalue weighted by Crippen LogP contribution is 2.30. The van der Waals surface area contributed by atoms with E-state index in [1.807, 2.05) is 47.7 Å². The Kier molecular flexibility index (Phi) is 4.74. The molecule has 0 saturated carbocycles. The lowest BCUT2D eigenvalue weighted by Gasteiger charge is -2.04. The van der Waals surface area contributed by atoms with Crippen molar-refractivity contribution < 1.29 is 14.3 Å². The minimum Gasteiger partial charge on any atom is -0.494 e. The van der Waals surface area contributed by atoms with Gasteiger partial charge in [-0.2, -0.15) is 0 Å². The number of imidazole rings is 1. The quantitative estimate of drug-likeness (QED) is 0.524. The number of methoxy groups -OCH3 is 2. The average molecular weight is 338 g/mol. The normalized spacial score (nSPS) is 11.2. The zero-order valence-electron chi connectivity index (χ0n) is 14.3. The summed E-state index contributed by atoms with van der Waals surface area (Å²) in [6.45, 7) is 1.94. The largest absolute Gasteiger partial charge is 0.494 e. The average Bonchev–Trinajstić information content (AvgIpc) is 2.98. The second-order valence-corrected chi connectivity index (χ2v) is 5.37. The molecule has 1 aromatic carbocycles. The van der Waals surface area contributed by atoms with Gasteiger partial charge < -0.3 is 9.47 Å². The fraction of sp³-hybridized carbons (Fsp3) is 0.222. The molecule has 0 radical (unpaired) electrons. The molecule has 25 heavy (non-hydrogen) atoms. The van der Waals surface area contributed by atoms with E-state index in [-0.39, 0.29) is 12.4 Å².